The largest absolute Gasteiger partial charge is 0.481 e. The molecule has 0 bridgehead atoms. The molecule has 0 saturated carbocycles. The topological polar surface area (TPSA) is 105 Å². The molecule has 2 atom stereocenters. The molecule has 8 heteroatoms. The lowest BCUT2D eigenvalue weighted by atomic mass is 9.98. The third-order valence-corrected chi connectivity index (χ3v) is 6.38. The lowest BCUT2D eigenvalue weighted by molar-refractivity contribution is -0.138. The first kappa shape index (κ1) is 22.8. The number of rotatable bonds is 8. The number of benzene rings is 2. The molecule has 2 N–H and O–H groups in total. The van der Waals surface area contributed by atoms with Crippen LogP contribution in [0, 0.1) is 0 Å². The lowest BCUT2D eigenvalue weighted by Gasteiger charge is -2.28. The molecule has 33 heavy (non-hydrogen) atoms. The summed E-state index contributed by atoms with van der Waals surface area (Å²) in [5.41, 5.74) is 4.42. The molecule has 1 saturated heterocycles. The highest BCUT2D eigenvalue weighted by atomic mass is 16.5. The number of nitrogens with one attached hydrogen (secondary N) is 1. The standard InChI is InChI=1S/C25H28N2O6/c1-27(16-12-13-32-14-16)24(30)22(10-11-23(28)29)26-25(31)33-15-21-19-8-4-2-6-17(19)18-7-3-5-9-20(18)21/h2-9,16,21-22H,10-15H2,1H3,(H,26,31)(H,28,29). The Bertz CT molecular complexity index is 988. The van der Waals surface area contributed by atoms with Crippen LogP contribution in [-0.2, 0) is 19.1 Å². The van der Waals surface area contributed by atoms with E-state index >= 15 is 0 Å². The second-order valence-electron chi connectivity index (χ2n) is 8.42. The molecular weight excluding hydrogens is 424 g/mol. The molecule has 0 aromatic heterocycles. The number of carbonyl (C=O) groups excluding carboxylic acids is 2. The summed E-state index contributed by atoms with van der Waals surface area (Å²) in [5.74, 6) is -1.48. The Labute approximate surface area is 192 Å². The van der Waals surface area contributed by atoms with Crippen molar-refractivity contribution in [1.29, 1.82) is 0 Å². The fourth-order valence-electron chi connectivity index (χ4n) is 4.56. The molecule has 0 radical (unpaired) electrons. The average Bonchev–Trinajstić information content (AvgIpc) is 3.46. The maximum absolute atomic E-state index is 13.0. The van der Waals surface area contributed by atoms with Gasteiger partial charge in [0.2, 0.25) is 5.91 Å². The molecule has 1 heterocycles. The average molecular weight is 453 g/mol. The van der Waals surface area contributed by atoms with Gasteiger partial charge in [-0.1, -0.05) is 48.5 Å². The van der Waals surface area contributed by atoms with Gasteiger partial charge in [0.25, 0.3) is 0 Å². The van der Waals surface area contributed by atoms with E-state index in [9.17, 15) is 14.4 Å². The zero-order valence-corrected chi connectivity index (χ0v) is 18.5. The summed E-state index contributed by atoms with van der Waals surface area (Å²) in [7, 11) is 1.65. The van der Waals surface area contributed by atoms with Crippen LogP contribution in [-0.4, -0.2) is 66.9 Å². The number of ether oxygens (including phenoxy) is 2. The van der Waals surface area contributed by atoms with Crippen molar-refractivity contribution in [2.45, 2.75) is 37.3 Å². The van der Waals surface area contributed by atoms with Crippen molar-refractivity contribution < 1.29 is 29.0 Å². The molecule has 2 unspecified atom stereocenters. The number of carboxylic acids is 1. The van der Waals surface area contributed by atoms with Crippen LogP contribution in [0.15, 0.2) is 48.5 Å². The van der Waals surface area contributed by atoms with Gasteiger partial charge < -0.3 is 24.8 Å². The number of carboxylic acid groups (broad SMARTS) is 1. The van der Waals surface area contributed by atoms with Crippen LogP contribution in [0.2, 0.25) is 0 Å². The predicted molar refractivity (Wildman–Crippen MR) is 121 cm³/mol. The van der Waals surface area contributed by atoms with Crippen LogP contribution in [0.5, 0.6) is 0 Å². The highest BCUT2D eigenvalue weighted by molar-refractivity contribution is 5.86. The van der Waals surface area contributed by atoms with Gasteiger partial charge in [0.05, 0.1) is 12.6 Å². The van der Waals surface area contributed by atoms with E-state index in [1.165, 1.54) is 4.90 Å². The second kappa shape index (κ2) is 10.0. The second-order valence-corrected chi connectivity index (χ2v) is 8.42. The number of aliphatic carboxylic acids is 1. The number of alkyl carbamates (subject to hydrolysis) is 1. The fourth-order valence-corrected chi connectivity index (χ4v) is 4.56. The maximum Gasteiger partial charge on any atom is 0.407 e. The van der Waals surface area contributed by atoms with Crippen molar-refractivity contribution >= 4 is 18.0 Å². The van der Waals surface area contributed by atoms with Crippen LogP contribution in [0.3, 0.4) is 0 Å². The van der Waals surface area contributed by atoms with Gasteiger partial charge in [-0.15, -0.1) is 0 Å². The molecule has 1 aliphatic heterocycles. The molecule has 8 nitrogen and oxygen atoms in total. The van der Waals surface area contributed by atoms with Crippen molar-refractivity contribution in [3.63, 3.8) is 0 Å². The van der Waals surface area contributed by atoms with Gasteiger partial charge in [-0.2, -0.15) is 0 Å². The summed E-state index contributed by atoms with van der Waals surface area (Å²) in [6.45, 7) is 1.12. The van der Waals surface area contributed by atoms with Crippen LogP contribution in [0.1, 0.15) is 36.3 Å². The monoisotopic (exact) mass is 452 g/mol. The normalized spacial score (nSPS) is 17.7. The van der Waals surface area contributed by atoms with Gasteiger partial charge in [-0.25, -0.2) is 4.79 Å². The van der Waals surface area contributed by atoms with E-state index < -0.39 is 18.1 Å². The Morgan fingerprint density at radius 3 is 2.33 bits per heavy atom. The molecule has 2 aliphatic rings. The van der Waals surface area contributed by atoms with Crippen molar-refractivity contribution in [3.8, 4) is 11.1 Å². The van der Waals surface area contributed by atoms with Crippen molar-refractivity contribution in [3.05, 3.63) is 59.7 Å². The number of hydrogen-bond donors (Lipinski definition) is 2. The number of fused-ring (bicyclic) bond motifs is 3. The molecule has 2 amide bonds. The minimum Gasteiger partial charge on any atom is -0.481 e. The van der Waals surface area contributed by atoms with E-state index in [-0.39, 0.29) is 37.3 Å². The van der Waals surface area contributed by atoms with Crippen LogP contribution in [0.4, 0.5) is 4.79 Å². The van der Waals surface area contributed by atoms with Crippen molar-refractivity contribution in [2.75, 3.05) is 26.9 Å². The van der Waals surface area contributed by atoms with Gasteiger partial charge in [0, 0.05) is 26.0 Å². The Kier molecular flexibility index (Phi) is 6.93. The van der Waals surface area contributed by atoms with Gasteiger partial charge in [-0.05, 0) is 35.1 Å². The van der Waals surface area contributed by atoms with Gasteiger partial charge in [0.1, 0.15) is 12.6 Å². The first-order valence-corrected chi connectivity index (χ1v) is 11.1. The van der Waals surface area contributed by atoms with Gasteiger partial charge in [-0.3, -0.25) is 9.59 Å². The molecule has 1 fully saturated rings. The minimum atomic E-state index is -1.03. The predicted octanol–water partition coefficient (Wildman–Crippen LogP) is 3.01. The Balaban J connectivity index is 1.42. The van der Waals surface area contributed by atoms with Crippen molar-refractivity contribution in [1.82, 2.24) is 10.2 Å². The molecule has 4 rings (SSSR count). The van der Waals surface area contributed by atoms with Gasteiger partial charge >= 0.3 is 12.1 Å². The summed E-state index contributed by atoms with van der Waals surface area (Å²) >= 11 is 0. The molecule has 0 spiro atoms. The molecule has 2 aromatic rings. The number of hydrogen-bond acceptors (Lipinski definition) is 5. The van der Waals surface area contributed by atoms with Crippen LogP contribution < -0.4 is 5.32 Å². The van der Waals surface area contributed by atoms with Gasteiger partial charge in [0.15, 0.2) is 0 Å². The summed E-state index contributed by atoms with van der Waals surface area (Å²) < 4.78 is 10.9. The zero-order valence-electron chi connectivity index (χ0n) is 18.5. The number of likely N-dealkylation sites (N-methyl/N-ethyl adjacent to an activating group) is 1. The van der Waals surface area contributed by atoms with Crippen LogP contribution in [0.25, 0.3) is 11.1 Å². The maximum atomic E-state index is 13.0. The van der Waals surface area contributed by atoms with E-state index in [1.807, 2.05) is 36.4 Å². The Morgan fingerprint density at radius 2 is 1.76 bits per heavy atom. The van der Waals surface area contributed by atoms with E-state index in [4.69, 9.17) is 14.6 Å². The lowest BCUT2D eigenvalue weighted by Crippen LogP contribution is -2.51. The smallest absolute Gasteiger partial charge is 0.407 e. The third kappa shape index (κ3) is 5.01. The van der Waals surface area contributed by atoms with Crippen LogP contribution >= 0.6 is 0 Å². The van der Waals surface area contributed by atoms with E-state index in [2.05, 4.69) is 17.4 Å². The number of amides is 2. The third-order valence-electron chi connectivity index (χ3n) is 6.38. The van der Waals surface area contributed by atoms with E-state index in [1.54, 1.807) is 7.05 Å². The fraction of sp³-hybridized carbons (Fsp3) is 0.400. The Morgan fingerprint density at radius 1 is 1.12 bits per heavy atom. The highest BCUT2D eigenvalue weighted by Crippen LogP contribution is 2.44. The minimum absolute atomic E-state index is 0.0176. The molecular formula is C25H28N2O6. The summed E-state index contributed by atoms with van der Waals surface area (Å²) in [4.78, 5) is 38.2. The molecule has 174 valence electrons. The van der Waals surface area contributed by atoms with Crippen molar-refractivity contribution in [2.24, 2.45) is 0 Å². The van der Waals surface area contributed by atoms with E-state index in [0.717, 1.165) is 22.3 Å². The Hall–Kier alpha value is -3.39. The summed E-state index contributed by atoms with van der Waals surface area (Å²) in [6, 6.07) is 15.0. The summed E-state index contributed by atoms with van der Waals surface area (Å²) in [6.07, 6.45) is -0.291. The van der Waals surface area contributed by atoms with E-state index in [0.29, 0.717) is 19.6 Å². The molecule has 1 aliphatic carbocycles. The zero-order chi connectivity index (χ0) is 23.4. The number of nitrogens with zero attached hydrogens (tertiary/aromatic N) is 1. The first-order valence-electron chi connectivity index (χ1n) is 11.1. The first-order chi connectivity index (χ1) is 16.0. The summed E-state index contributed by atoms with van der Waals surface area (Å²) in [5, 5.41) is 11.7. The number of carbonyl (C=O) groups is 3. The highest BCUT2D eigenvalue weighted by Gasteiger charge is 2.32. The molecule has 2 aromatic carbocycles. The SMILES string of the molecule is CN(C(=O)C(CCC(=O)O)NC(=O)OCC1c2ccccc2-c2ccccc21)C1CCOC1. The quantitative estimate of drug-likeness (QED) is 0.638.